The predicted molar refractivity (Wildman–Crippen MR) is 83.5 cm³/mol. The topological polar surface area (TPSA) is 33.2 Å². The predicted octanol–water partition coefficient (Wildman–Crippen LogP) is 3.88. The van der Waals surface area contributed by atoms with Crippen LogP contribution in [0.2, 0.25) is 0 Å². The number of aromatic nitrogens is 1. The van der Waals surface area contributed by atoms with Gasteiger partial charge in [0.2, 0.25) is 0 Å². The smallest absolute Gasteiger partial charge is 0.260 e. The summed E-state index contributed by atoms with van der Waals surface area (Å²) in [5.41, 5.74) is 2.62. The van der Waals surface area contributed by atoms with E-state index in [1.54, 1.807) is 11.9 Å². The number of thiazole rings is 1. The summed E-state index contributed by atoms with van der Waals surface area (Å²) in [7, 11) is 1.77. The van der Waals surface area contributed by atoms with Crippen LogP contribution in [0.15, 0.2) is 48.5 Å². The maximum atomic E-state index is 12.5. The zero-order valence-electron chi connectivity index (χ0n) is 11.3. The SMILES string of the molecule is Cc1ccccc1C(=O)N(C)c1nc2ccccc2s1. The maximum Gasteiger partial charge on any atom is 0.260 e. The second kappa shape index (κ2) is 5.06. The number of fused-ring (bicyclic) bond motifs is 1. The highest BCUT2D eigenvalue weighted by Gasteiger charge is 2.18. The zero-order valence-corrected chi connectivity index (χ0v) is 12.1. The summed E-state index contributed by atoms with van der Waals surface area (Å²) in [5.74, 6) is -0.0258. The van der Waals surface area contributed by atoms with E-state index < -0.39 is 0 Å². The van der Waals surface area contributed by atoms with Crippen molar-refractivity contribution < 1.29 is 4.79 Å². The average Bonchev–Trinajstić information content (AvgIpc) is 2.90. The third-order valence-electron chi connectivity index (χ3n) is 3.25. The van der Waals surface area contributed by atoms with E-state index in [1.165, 1.54) is 11.3 Å². The molecule has 0 atom stereocenters. The molecular formula is C16H14N2OS. The molecule has 0 aliphatic carbocycles. The number of aryl methyl sites for hydroxylation is 1. The van der Waals surface area contributed by atoms with E-state index in [0.717, 1.165) is 20.9 Å². The van der Waals surface area contributed by atoms with Crippen LogP contribution in [0.5, 0.6) is 0 Å². The molecule has 3 nitrogen and oxygen atoms in total. The highest BCUT2D eigenvalue weighted by Crippen LogP contribution is 2.28. The second-order valence-corrected chi connectivity index (χ2v) is 5.65. The fraction of sp³-hybridized carbons (Fsp3) is 0.125. The van der Waals surface area contributed by atoms with Crippen LogP contribution in [0.25, 0.3) is 10.2 Å². The molecule has 1 amide bonds. The molecule has 100 valence electrons. The Morgan fingerprint density at radius 3 is 2.55 bits per heavy atom. The largest absolute Gasteiger partial charge is 0.287 e. The van der Waals surface area contributed by atoms with Crippen LogP contribution in [0.3, 0.4) is 0 Å². The molecule has 0 saturated heterocycles. The number of benzene rings is 2. The minimum atomic E-state index is -0.0258. The number of hydrogen-bond acceptors (Lipinski definition) is 3. The minimum absolute atomic E-state index is 0.0258. The Labute approximate surface area is 121 Å². The molecule has 1 heterocycles. The Hall–Kier alpha value is -2.20. The first kappa shape index (κ1) is 12.8. The van der Waals surface area contributed by atoms with Crippen molar-refractivity contribution in [3.63, 3.8) is 0 Å². The van der Waals surface area contributed by atoms with E-state index in [-0.39, 0.29) is 5.91 Å². The first-order valence-electron chi connectivity index (χ1n) is 6.36. The van der Waals surface area contributed by atoms with E-state index in [4.69, 9.17) is 0 Å². The number of carbonyl (C=O) groups is 1. The first-order chi connectivity index (χ1) is 9.66. The molecule has 1 aromatic heterocycles. The number of rotatable bonds is 2. The van der Waals surface area contributed by atoms with Gasteiger partial charge in [-0.1, -0.05) is 41.7 Å². The Bertz CT molecular complexity index is 746. The van der Waals surface area contributed by atoms with Crippen molar-refractivity contribution in [3.05, 3.63) is 59.7 Å². The Balaban J connectivity index is 1.98. The lowest BCUT2D eigenvalue weighted by molar-refractivity contribution is 0.0992. The van der Waals surface area contributed by atoms with Crippen LogP contribution in [0, 0.1) is 6.92 Å². The molecular weight excluding hydrogens is 268 g/mol. The van der Waals surface area contributed by atoms with E-state index in [0.29, 0.717) is 5.56 Å². The van der Waals surface area contributed by atoms with Crippen LogP contribution in [-0.2, 0) is 0 Å². The maximum absolute atomic E-state index is 12.5. The monoisotopic (exact) mass is 282 g/mol. The molecule has 0 radical (unpaired) electrons. The standard InChI is InChI=1S/C16H14N2OS/c1-11-7-3-4-8-12(11)15(19)18(2)16-17-13-9-5-6-10-14(13)20-16/h3-10H,1-2H3. The Morgan fingerprint density at radius 1 is 1.10 bits per heavy atom. The van der Waals surface area contributed by atoms with E-state index in [2.05, 4.69) is 4.98 Å². The molecule has 0 bridgehead atoms. The summed E-state index contributed by atoms with van der Waals surface area (Å²) in [5, 5.41) is 0.722. The highest BCUT2D eigenvalue weighted by molar-refractivity contribution is 7.22. The van der Waals surface area contributed by atoms with Crippen LogP contribution in [0.1, 0.15) is 15.9 Å². The van der Waals surface area contributed by atoms with Gasteiger partial charge in [-0.2, -0.15) is 0 Å². The molecule has 3 rings (SSSR count). The number of amides is 1. The molecule has 0 N–H and O–H groups in total. The molecule has 2 aromatic carbocycles. The Kier molecular flexibility index (Phi) is 3.24. The molecule has 20 heavy (non-hydrogen) atoms. The molecule has 0 aliphatic heterocycles. The zero-order chi connectivity index (χ0) is 14.1. The fourth-order valence-corrected chi connectivity index (χ4v) is 3.01. The van der Waals surface area contributed by atoms with Crippen molar-refractivity contribution in [3.8, 4) is 0 Å². The fourth-order valence-electron chi connectivity index (χ4n) is 2.08. The van der Waals surface area contributed by atoms with Gasteiger partial charge in [0.15, 0.2) is 5.13 Å². The molecule has 0 unspecified atom stereocenters. The van der Waals surface area contributed by atoms with Gasteiger partial charge in [0.25, 0.3) is 5.91 Å². The van der Waals surface area contributed by atoms with Gasteiger partial charge in [-0.3, -0.25) is 9.69 Å². The van der Waals surface area contributed by atoms with Crippen molar-refractivity contribution in [1.82, 2.24) is 4.98 Å². The summed E-state index contributed by atoms with van der Waals surface area (Å²) >= 11 is 1.53. The molecule has 0 aliphatic rings. The van der Waals surface area contributed by atoms with Crippen molar-refractivity contribution in [2.45, 2.75) is 6.92 Å². The number of anilines is 1. The van der Waals surface area contributed by atoms with Crippen LogP contribution < -0.4 is 4.90 Å². The van der Waals surface area contributed by atoms with E-state index >= 15 is 0 Å². The number of carbonyl (C=O) groups excluding carboxylic acids is 1. The van der Waals surface area contributed by atoms with Gasteiger partial charge in [0, 0.05) is 12.6 Å². The Morgan fingerprint density at radius 2 is 1.80 bits per heavy atom. The van der Waals surface area contributed by atoms with Gasteiger partial charge in [-0.25, -0.2) is 4.98 Å². The summed E-state index contributed by atoms with van der Waals surface area (Å²) in [4.78, 5) is 18.7. The lowest BCUT2D eigenvalue weighted by Gasteiger charge is -2.14. The van der Waals surface area contributed by atoms with Gasteiger partial charge >= 0.3 is 0 Å². The summed E-state index contributed by atoms with van der Waals surface area (Å²) in [6, 6.07) is 15.5. The average molecular weight is 282 g/mol. The molecule has 0 spiro atoms. The summed E-state index contributed by atoms with van der Waals surface area (Å²) in [6.07, 6.45) is 0. The molecule has 0 saturated carbocycles. The third-order valence-corrected chi connectivity index (χ3v) is 4.36. The van der Waals surface area contributed by atoms with Gasteiger partial charge in [0.1, 0.15) is 0 Å². The molecule has 0 fully saturated rings. The lowest BCUT2D eigenvalue weighted by atomic mass is 10.1. The lowest BCUT2D eigenvalue weighted by Crippen LogP contribution is -2.26. The summed E-state index contributed by atoms with van der Waals surface area (Å²) in [6.45, 7) is 1.94. The van der Waals surface area contributed by atoms with Crippen LogP contribution in [-0.4, -0.2) is 17.9 Å². The normalized spacial score (nSPS) is 10.7. The van der Waals surface area contributed by atoms with Crippen LogP contribution >= 0.6 is 11.3 Å². The van der Waals surface area contributed by atoms with Gasteiger partial charge < -0.3 is 0 Å². The van der Waals surface area contributed by atoms with Crippen molar-refractivity contribution in [2.75, 3.05) is 11.9 Å². The minimum Gasteiger partial charge on any atom is -0.287 e. The van der Waals surface area contributed by atoms with Crippen molar-refractivity contribution in [2.24, 2.45) is 0 Å². The summed E-state index contributed by atoms with van der Waals surface area (Å²) < 4.78 is 1.09. The van der Waals surface area contributed by atoms with Crippen molar-refractivity contribution >= 4 is 32.6 Å². The van der Waals surface area contributed by atoms with Gasteiger partial charge in [0.05, 0.1) is 10.2 Å². The van der Waals surface area contributed by atoms with E-state index in [1.807, 2.05) is 55.5 Å². The quantitative estimate of drug-likeness (QED) is 0.714. The van der Waals surface area contributed by atoms with E-state index in [9.17, 15) is 4.79 Å². The van der Waals surface area contributed by atoms with Gasteiger partial charge in [-0.05, 0) is 30.7 Å². The third kappa shape index (κ3) is 2.18. The number of hydrogen-bond donors (Lipinski definition) is 0. The molecule has 4 heteroatoms. The first-order valence-corrected chi connectivity index (χ1v) is 7.18. The van der Waals surface area contributed by atoms with Crippen molar-refractivity contribution in [1.29, 1.82) is 0 Å². The van der Waals surface area contributed by atoms with Gasteiger partial charge in [-0.15, -0.1) is 0 Å². The second-order valence-electron chi connectivity index (χ2n) is 4.64. The molecule has 3 aromatic rings. The van der Waals surface area contributed by atoms with Crippen LogP contribution in [0.4, 0.5) is 5.13 Å². The number of nitrogens with zero attached hydrogens (tertiary/aromatic N) is 2. The number of para-hydroxylation sites is 1. The highest BCUT2D eigenvalue weighted by atomic mass is 32.1.